The lowest BCUT2D eigenvalue weighted by atomic mass is 9.93. The van der Waals surface area contributed by atoms with Gasteiger partial charge in [0.25, 0.3) is 6.21 Å². The highest BCUT2D eigenvalue weighted by Gasteiger charge is 2.21. The van der Waals surface area contributed by atoms with Crippen LogP contribution >= 0.6 is 0 Å². The number of allylic oxidation sites excluding steroid dienone is 8. The molecule has 0 saturated carbocycles. The molecule has 0 fully saturated rings. The van der Waals surface area contributed by atoms with Crippen LogP contribution in [0.25, 0.3) is 55.2 Å². The molecule has 0 saturated heterocycles. The van der Waals surface area contributed by atoms with E-state index in [1.165, 1.54) is 21.7 Å². The molecular formula is C44H36N5+. The van der Waals surface area contributed by atoms with E-state index in [1.54, 1.807) is 0 Å². The van der Waals surface area contributed by atoms with Gasteiger partial charge in [0.05, 0.1) is 33.8 Å². The minimum absolute atomic E-state index is 0.160. The number of benzene rings is 4. The van der Waals surface area contributed by atoms with Crippen LogP contribution in [0.5, 0.6) is 0 Å². The highest BCUT2D eigenvalue weighted by Crippen LogP contribution is 2.39. The fourth-order valence-electron chi connectivity index (χ4n) is 6.90. The number of rotatable bonds is 7. The van der Waals surface area contributed by atoms with E-state index in [2.05, 4.69) is 120 Å². The fraction of sp³-hybridized carbons (Fsp3) is 0.0909. The number of para-hydroxylation sites is 1. The number of aryl methyl sites for hydroxylation is 1. The number of aliphatic imine (C=N–C) groups is 1. The predicted molar refractivity (Wildman–Crippen MR) is 209 cm³/mol. The lowest BCUT2D eigenvalue weighted by Gasteiger charge is -2.19. The Bertz CT molecular complexity index is 2550. The summed E-state index contributed by atoms with van der Waals surface area (Å²) in [6, 6.07) is 32.7. The average molecular weight is 635 g/mol. The van der Waals surface area contributed by atoms with Gasteiger partial charge in [-0.15, -0.1) is 6.58 Å². The van der Waals surface area contributed by atoms with Crippen molar-refractivity contribution in [1.29, 1.82) is 0 Å². The normalized spacial score (nSPS) is 16.2. The molecule has 6 aromatic rings. The summed E-state index contributed by atoms with van der Waals surface area (Å²) in [7, 11) is 0. The van der Waals surface area contributed by atoms with Gasteiger partial charge in [0, 0.05) is 57.5 Å². The maximum Gasteiger partial charge on any atom is 0.352 e. The van der Waals surface area contributed by atoms with E-state index in [1.807, 2.05) is 49.6 Å². The summed E-state index contributed by atoms with van der Waals surface area (Å²) in [4.78, 5) is 10.1. The summed E-state index contributed by atoms with van der Waals surface area (Å²) in [6.45, 7) is 8.16. The molecule has 236 valence electrons. The van der Waals surface area contributed by atoms with Gasteiger partial charge in [0.1, 0.15) is 0 Å². The summed E-state index contributed by atoms with van der Waals surface area (Å²) in [5.74, 6) is 0.160. The van der Waals surface area contributed by atoms with Crippen molar-refractivity contribution in [2.24, 2.45) is 16.6 Å². The van der Waals surface area contributed by atoms with E-state index >= 15 is 0 Å². The molecule has 0 spiro atoms. The summed E-state index contributed by atoms with van der Waals surface area (Å²) < 4.78 is 6.89. The fourth-order valence-corrected chi connectivity index (χ4v) is 6.90. The first-order chi connectivity index (χ1) is 24.0. The monoisotopic (exact) mass is 634 g/mol. The molecule has 0 amide bonds. The lowest BCUT2D eigenvalue weighted by Crippen LogP contribution is -2.17. The molecular weight excluding hydrogens is 599 g/mol. The Balaban J connectivity index is 1.31. The third-order valence-electron chi connectivity index (χ3n) is 9.30. The van der Waals surface area contributed by atoms with E-state index in [0.717, 1.165) is 68.2 Å². The van der Waals surface area contributed by atoms with E-state index < -0.39 is 0 Å². The average Bonchev–Trinajstić information content (AvgIpc) is 3.80. The summed E-state index contributed by atoms with van der Waals surface area (Å²) in [6.07, 6.45) is 16.5. The first-order valence-electron chi connectivity index (χ1n) is 16.7. The van der Waals surface area contributed by atoms with Gasteiger partial charge in [-0.25, -0.2) is 4.98 Å². The maximum absolute atomic E-state index is 6.45. The Labute approximate surface area is 285 Å². The highest BCUT2D eigenvalue weighted by molar-refractivity contribution is 6.19. The van der Waals surface area contributed by atoms with Gasteiger partial charge in [-0.2, -0.15) is 0 Å². The van der Waals surface area contributed by atoms with E-state index in [0.29, 0.717) is 5.70 Å². The molecule has 2 aliphatic heterocycles. The largest absolute Gasteiger partial charge is 0.397 e. The maximum atomic E-state index is 6.45. The molecule has 1 atom stereocenters. The second kappa shape index (κ2) is 12.4. The molecule has 5 heteroatoms. The zero-order valence-electron chi connectivity index (χ0n) is 27.6. The molecule has 4 aromatic carbocycles. The number of nitrogens with zero attached hydrogens (tertiary/aromatic N) is 4. The van der Waals surface area contributed by atoms with Crippen LogP contribution in [0.3, 0.4) is 0 Å². The molecule has 0 radical (unpaired) electrons. The second-order valence-electron chi connectivity index (χ2n) is 12.6. The zero-order valence-corrected chi connectivity index (χ0v) is 27.6. The van der Waals surface area contributed by atoms with Crippen LogP contribution in [0, 0.1) is 12.8 Å². The van der Waals surface area contributed by atoms with Gasteiger partial charge in [-0.05, 0) is 67.3 Å². The summed E-state index contributed by atoms with van der Waals surface area (Å²) >= 11 is 0. The summed E-state index contributed by atoms with van der Waals surface area (Å²) in [5, 5.41) is 4.72. The van der Waals surface area contributed by atoms with Crippen molar-refractivity contribution in [3.05, 3.63) is 163 Å². The van der Waals surface area contributed by atoms with E-state index in [4.69, 9.17) is 15.7 Å². The van der Waals surface area contributed by atoms with Crippen LogP contribution < -0.4 is 10.4 Å². The van der Waals surface area contributed by atoms with Gasteiger partial charge in [-0.1, -0.05) is 83.6 Å². The van der Waals surface area contributed by atoms with Crippen LogP contribution in [0.2, 0.25) is 0 Å². The Kier molecular flexibility index (Phi) is 7.60. The number of pyridine rings is 1. The molecule has 4 heterocycles. The minimum Gasteiger partial charge on any atom is -0.397 e. The van der Waals surface area contributed by atoms with Gasteiger partial charge in [-0.3, -0.25) is 4.99 Å². The van der Waals surface area contributed by atoms with Crippen molar-refractivity contribution in [2.75, 3.05) is 0 Å². The third kappa shape index (κ3) is 5.46. The molecule has 2 N–H and O–H groups in total. The first kappa shape index (κ1) is 30.1. The molecule has 8 rings (SSSR count). The first-order valence-corrected chi connectivity index (χ1v) is 16.7. The highest BCUT2D eigenvalue weighted by atomic mass is 15.0. The number of hydrogen-bond acceptors (Lipinski definition) is 3. The van der Waals surface area contributed by atoms with Crippen LogP contribution in [-0.4, -0.2) is 27.2 Å². The van der Waals surface area contributed by atoms with E-state index in [-0.39, 0.29) is 5.92 Å². The lowest BCUT2D eigenvalue weighted by molar-refractivity contribution is 0.849. The predicted octanol–water partition coefficient (Wildman–Crippen LogP) is 9.21. The summed E-state index contributed by atoms with van der Waals surface area (Å²) in [5.41, 5.74) is 18.3. The Morgan fingerprint density at radius 2 is 1.71 bits per heavy atom. The SMILES string of the molecule is C=CC1C=C(c2ccc3c(ccc4c5ccc(-c6cc(C)cc(C7=[N+]=CC=C7)n6)cc5n(-c5ccccc5)c34)c2)N=C(/C(N)=C/C=C\C)C1. The second-order valence-corrected chi connectivity index (χ2v) is 12.6. The van der Waals surface area contributed by atoms with Crippen LogP contribution in [-0.2, 0) is 0 Å². The number of aromatic nitrogens is 2. The van der Waals surface area contributed by atoms with E-state index in [9.17, 15) is 0 Å². The van der Waals surface area contributed by atoms with Crippen molar-refractivity contribution >= 4 is 55.9 Å². The van der Waals surface area contributed by atoms with Gasteiger partial charge in [0.2, 0.25) is 0 Å². The number of hydrogen-bond donors (Lipinski definition) is 1. The van der Waals surface area contributed by atoms with Gasteiger partial charge < -0.3 is 10.3 Å². The smallest absolute Gasteiger partial charge is 0.352 e. The molecule has 0 aliphatic carbocycles. The standard InChI is InChI=1S/C44H36N5/c1-4-6-13-37(45)41-25-29(5-2)24-40(47-41)31-16-18-34-30(26-31)15-20-36-35-19-17-32(27-43(35)49(44(34)36)33-11-8-7-9-12-33)39-22-28(3)23-42(48-39)38-14-10-21-46-38/h4-24,26-27,29H,2,25,45H2,1,3H3/q+1/b6-4-,37-13-. The van der Waals surface area contributed by atoms with Gasteiger partial charge >= 0.3 is 5.71 Å². The third-order valence-corrected chi connectivity index (χ3v) is 9.30. The topological polar surface area (TPSA) is 70.3 Å². The van der Waals surface area contributed by atoms with Crippen molar-refractivity contribution in [1.82, 2.24) is 14.2 Å². The molecule has 1 unspecified atom stereocenters. The minimum atomic E-state index is 0.160. The Morgan fingerprint density at radius 3 is 2.51 bits per heavy atom. The quantitative estimate of drug-likeness (QED) is 0.108. The number of fused-ring (bicyclic) bond motifs is 5. The van der Waals surface area contributed by atoms with Crippen molar-refractivity contribution in [3.63, 3.8) is 0 Å². The molecule has 2 aromatic heterocycles. The van der Waals surface area contributed by atoms with Gasteiger partial charge in [0.15, 0.2) is 5.69 Å². The molecule has 0 bridgehead atoms. The van der Waals surface area contributed by atoms with Crippen molar-refractivity contribution in [2.45, 2.75) is 20.3 Å². The van der Waals surface area contributed by atoms with Crippen molar-refractivity contribution in [3.8, 4) is 16.9 Å². The molecule has 49 heavy (non-hydrogen) atoms. The number of nitrogens with two attached hydrogens (primary N) is 1. The Hall–Kier alpha value is -6.29. The van der Waals surface area contributed by atoms with Crippen molar-refractivity contribution < 1.29 is 0 Å². The Morgan fingerprint density at radius 1 is 0.918 bits per heavy atom. The van der Waals surface area contributed by atoms with Crippen LogP contribution in [0.1, 0.15) is 30.2 Å². The van der Waals surface area contributed by atoms with Crippen LogP contribution in [0.15, 0.2) is 151 Å². The molecule has 2 aliphatic rings. The van der Waals surface area contributed by atoms with Crippen LogP contribution in [0.4, 0.5) is 0 Å². The zero-order chi connectivity index (χ0) is 33.5. The molecule has 5 nitrogen and oxygen atoms in total.